The number of ether oxygens (including phenoxy) is 4. The van der Waals surface area contributed by atoms with E-state index >= 15 is 0 Å². The predicted octanol–water partition coefficient (Wildman–Crippen LogP) is 6.89. The number of rotatable bonds is 9. The number of esters is 2. The van der Waals surface area contributed by atoms with Crippen LogP contribution in [0.4, 0.5) is 13.2 Å². The van der Waals surface area contributed by atoms with Crippen LogP contribution in [0, 0.1) is 23.7 Å². The first-order valence-electron chi connectivity index (χ1n) is 15.8. The van der Waals surface area contributed by atoms with E-state index in [2.05, 4.69) is 24.9 Å². The first-order valence-corrected chi connectivity index (χ1v) is 15.8. The van der Waals surface area contributed by atoms with Crippen LogP contribution in [-0.2, 0) is 42.2 Å². The molecule has 0 N–H and O–H groups in total. The number of carbonyl (C=O) groups excluding carboxylic acids is 2. The highest BCUT2D eigenvalue weighted by Crippen LogP contribution is 2.50. The van der Waals surface area contributed by atoms with Crippen molar-refractivity contribution in [1.82, 2.24) is 9.55 Å². The molecule has 1 aromatic heterocycles. The summed E-state index contributed by atoms with van der Waals surface area (Å²) in [6.45, 7) is 5.97. The number of imidazole rings is 1. The lowest BCUT2D eigenvalue weighted by atomic mass is 9.65. The Morgan fingerprint density at radius 3 is 2.60 bits per heavy atom. The second-order valence-electron chi connectivity index (χ2n) is 13.1. The Labute approximate surface area is 272 Å². The van der Waals surface area contributed by atoms with Gasteiger partial charge in [-0.3, -0.25) is 0 Å². The van der Waals surface area contributed by atoms with Gasteiger partial charge in [0.15, 0.2) is 0 Å². The Kier molecular flexibility index (Phi) is 9.98. The second-order valence-corrected chi connectivity index (χ2v) is 13.1. The molecule has 11 heteroatoms. The van der Waals surface area contributed by atoms with Crippen molar-refractivity contribution in [2.24, 2.45) is 30.7 Å². The van der Waals surface area contributed by atoms with Gasteiger partial charge < -0.3 is 23.5 Å². The van der Waals surface area contributed by atoms with E-state index < -0.39 is 42.2 Å². The molecule has 3 aliphatic rings. The number of fused-ring (bicyclic) bond motifs is 3. The van der Waals surface area contributed by atoms with Crippen molar-refractivity contribution in [2.45, 2.75) is 70.8 Å². The first-order chi connectivity index (χ1) is 22.2. The van der Waals surface area contributed by atoms with Gasteiger partial charge in [-0.1, -0.05) is 61.9 Å². The summed E-state index contributed by atoms with van der Waals surface area (Å²) in [7, 11) is 1.80. The summed E-state index contributed by atoms with van der Waals surface area (Å²) in [5.74, 6) is -4.14. The molecule has 0 saturated heterocycles. The molecule has 2 bridgehead atoms. The van der Waals surface area contributed by atoms with Gasteiger partial charge in [0.05, 0.1) is 17.6 Å². The highest BCUT2D eigenvalue weighted by atomic mass is 19.4. The maximum atomic E-state index is 14.0. The Balaban J connectivity index is 1.57. The molecule has 3 heterocycles. The zero-order valence-electron chi connectivity index (χ0n) is 27.2. The maximum Gasteiger partial charge on any atom is 0.411 e. The molecule has 0 radical (unpaired) electrons. The molecule has 8 nitrogen and oxygen atoms in total. The molecule has 0 fully saturated rings. The van der Waals surface area contributed by atoms with E-state index in [-0.39, 0.29) is 35.9 Å². The van der Waals surface area contributed by atoms with Crippen LogP contribution in [0.1, 0.15) is 51.8 Å². The van der Waals surface area contributed by atoms with Crippen LogP contribution < -0.4 is 0 Å². The third-order valence-corrected chi connectivity index (χ3v) is 9.22. The summed E-state index contributed by atoms with van der Waals surface area (Å²) < 4.78 is 66.6. The summed E-state index contributed by atoms with van der Waals surface area (Å²) in [5.41, 5.74) is 0.660. The van der Waals surface area contributed by atoms with Gasteiger partial charge >= 0.3 is 18.1 Å². The average molecular weight is 655 g/mol. The van der Waals surface area contributed by atoms with Gasteiger partial charge in [0.25, 0.3) is 0 Å². The van der Waals surface area contributed by atoms with E-state index in [9.17, 15) is 22.8 Å². The van der Waals surface area contributed by atoms with E-state index in [1.165, 1.54) is 24.3 Å². The lowest BCUT2D eigenvalue weighted by Gasteiger charge is -2.41. The molecule has 2 aliphatic heterocycles. The number of hydrogen-bond acceptors (Lipinski definition) is 7. The van der Waals surface area contributed by atoms with Crippen LogP contribution in [0.2, 0.25) is 0 Å². The summed E-state index contributed by atoms with van der Waals surface area (Å²) in [6, 6.07) is 8.99. The Morgan fingerprint density at radius 2 is 1.94 bits per heavy atom. The molecule has 2 aromatic rings. The van der Waals surface area contributed by atoms with Crippen molar-refractivity contribution in [3.8, 4) is 0 Å². The summed E-state index contributed by atoms with van der Waals surface area (Å²) in [6.07, 6.45) is 8.10. The summed E-state index contributed by atoms with van der Waals surface area (Å²) >= 11 is 0. The Bertz CT molecular complexity index is 1580. The van der Waals surface area contributed by atoms with E-state index in [1.54, 1.807) is 61.4 Å². The molecule has 0 amide bonds. The van der Waals surface area contributed by atoms with Crippen molar-refractivity contribution in [2.75, 3.05) is 6.61 Å². The third-order valence-electron chi connectivity index (χ3n) is 9.22. The monoisotopic (exact) mass is 654 g/mol. The zero-order chi connectivity index (χ0) is 34.0. The van der Waals surface area contributed by atoms with E-state index in [0.717, 1.165) is 5.57 Å². The summed E-state index contributed by atoms with van der Waals surface area (Å²) in [4.78, 5) is 31.4. The van der Waals surface area contributed by atoms with Crippen LogP contribution in [0.5, 0.6) is 0 Å². The summed E-state index contributed by atoms with van der Waals surface area (Å²) in [5, 5.41) is 0. The molecule has 47 heavy (non-hydrogen) atoms. The normalized spacial score (nSPS) is 30.1. The van der Waals surface area contributed by atoms with Gasteiger partial charge in [-0.15, -0.1) is 0 Å². The molecule has 0 unspecified atom stereocenters. The molecule has 1 aromatic carbocycles. The highest BCUT2D eigenvalue weighted by Gasteiger charge is 2.56. The molecular weight excluding hydrogens is 613 g/mol. The predicted molar refractivity (Wildman–Crippen MR) is 168 cm³/mol. The van der Waals surface area contributed by atoms with E-state index in [4.69, 9.17) is 18.9 Å². The van der Waals surface area contributed by atoms with Crippen LogP contribution in [-0.4, -0.2) is 51.8 Å². The molecule has 252 valence electrons. The highest BCUT2D eigenvalue weighted by molar-refractivity contribution is 5.91. The molecule has 0 saturated carbocycles. The maximum absolute atomic E-state index is 14.0. The lowest BCUT2D eigenvalue weighted by molar-refractivity contribution is -0.274. The quantitative estimate of drug-likeness (QED) is 0.165. The van der Waals surface area contributed by atoms with E-state index in [1.807, 2.05) is 13.0 Å². The molecule has 6 atom stereocenters. The van der Waals surface area contributed by atoms with Crippen LogP contribution in [0.3, 0.4) is 0 Å². The lowest BCUT2D eigenvalue weighted by Crippen LogP contribution is -2.49. The third kappa shape index (κ3) is 7.96. The van der Waals surface area contributed by atoms with Crippen molar-refractivity contribution >= 4 is 18.0 Å². The average Bonchev–Trinajstić information content (AvgIpc) is 3.61. The fourth-order valence-corrected chi connectivity index (χ4v) is 6.67. The van der Waals surface area contributed by atoms with Gasteiger partial charge in [0.1, 0.15) is 24.9 Å². The second kappa shape index (κ2) is 13.6. The minimum atomic E-state index is -4.72. The van der Waals surface area contributed by atoms with Gasteiger partial charge in [-0.05, 0) is 74.2 Å². The number of hydrogen-bond donors (Lipinski definition) is 0. The van der Waals surface area contributed by atoms with Crippen LogP contribution in [0.25, 0.3) is 6.08 Å². The Hall–Kier alpha value is -3.96. The number of nitrogens with zero attached hydrogens (tertiary/aromatic N) is 2. The van der Waals surface area contributed by atoms with Crippen molar-refractivity contribution in [1.29, 1.82) is 0 Å². The van der Waals surface area contributed by atoms with E-state index in [0.29, 0.717) is 24.1 Å². The van der Waals surface area contributed by atoms with Gasteiger partial charge in [0.2, 0.25) is 5.79 Å². The SMILES string of the molecule is CC1=CC[C@H](C(C)C)[C@H]2/C=C(/C(=O)OCc3ccccc3)[C@@]3(OCC(F)(F)F)C=C[C@](C)(O3)[C@@H](OC(=O)/C=C/c3cn(C)cn3)C[C@@H]12. The topological polar surface area (TPSA) is 88.9 Å². The number of benzene rings is 1. The molecule has 0 spiro atoms. The smallest absolute Gasteiger partial charge is 0.411 e. The minimum Gasteiger partial charge on any atom is -0.457 e. The first kappa shape index (κ1) is 34.4. The van der Waals surface area contributed by atoms with Crippen LogP contribution in [0.15, 0.2) is 84.4 Å². The number of aryl methyl sites for hydroxylation is 1. The van der Waals surface area contributed by atoms with Gasteiger partial charge in [0, 0.05) is 19.3 Å². The largest absolute Gasteiger partial charge is 0.457 e. The van der Waals surface area contributed by atoms with Crippen molar-refractivity contribution in [3.63, 3.8) is 0 Å². The van der Waals surface area contributed by atoms with Crippen molar-refractivity contribution < 1.29 is 41.7 Å². The van der Waals surface area contributed by atoms with Gasteiger partial charge in [-0.2, -0.15) is 13.2 Å². The number of carbonyl (C=O) groups is 2. The number of allylic oxidation sites excluding steroid dienone is 3. The zero-order valence-corrected chi connectivity index (χ0v) is 27.2. The van der Waals surface area contributed by atoms with Crippen molar-refractivity contribution in [3.05, 3.63) is 95.6 Å². The number of aromatic nitrogens is 2. The fourth-order valence-electron chi connectivity index (χ4n) is 6.67. The standard InChI is InChI=1S/C36H41F3N2O6/c1-23(2)27-13-11-24(3)28-18-31(46-32(42)14-12-26-19-41(5)22-40-26)34(4)15-16-35(47-34,45-21-36(37,38)39)30(17-29(27)28)33(43)44-20-25-9-7-6-8-10-25/h6-12,14-17,19,22-23,27-29,31H,13,18,20-21H2,1-5H3/b14-12+,30-17-/t27-,28+,29-,31+,34+,35-/m1/s1. The fraction of sp³-hybridized carbons (Fsp3) is 0.472. The Morgan fingerprint density at radius 1 is 1.19 bits per heavy atom. The number of halogens is 3. The number of alkyl halides is 3. The van der Waals surface area contributed by atoms with Gasteiger partial charge in [-0.25, -0.2) is 14.6 Å². The minimum absolute atomic E-state index is 0.0223. The molecular formula is C36H41F3N2O6. The molecule has 1 aliphatic carbocycles. The molecule has 5 rings (SSSR count). The van der Waals surface area contributed by atoms with Crippen LogP contribution >= 0.6 is 0 Å².